The molecule has 0 atom stereocenters. The van der Waals surface area contributed by atoms with E-state index in [1.807, 2.05) is 6.07 Å². The highest BCUT2D eigenvalue weighted by Gasteiger charge is 2.27. The van der Waals surface area contributed by atoms with Crippen LogP contribution in [0.25, 0.3) is 0 Å². The number of anilines is 1. The van der Waals surface area contributed by atoms with Gasteiger partial charge in [-0.25, -0.2) is 0 Å². The van der Waals surface area contributed by atoms with Crippen molar-refractivity contribution in [3.63, 3.8) is 0 Å². The van der Waals surface area contributed by atoms with E-state index in [0.29, 0.717) is 5.75 Å². The first-order valence-electron chi connectivity index (χ1n) is 6.36. The summed E-state index contributed by atoms with van der Waals surface area (Å²) in [4.78, 5) is 11.6. The number of nitrogens with one attached hydrogen (secondary N) is 1. The van der Waals surface area contributed by atoms with Crippen molar-refractivity contribution in [2.45, 2.75) is 26.1 Å². The summed E-state index contributed by atoms with van der Waals surface area (Å²) in [5.41, 5.74) is 0.482. The quantitative estimate of drug-likeness (QED) is 0.876. The Bertz CT molecular complexity index is 565. The Kier molecular flexibility index (Phi) is 6.19. The van der Waals surface area contributed by atoms with Crippen molar-refractivity contribution in [2.24, 2.45) is 0 Å². The molecule has 0 aromatic heterocycles. The first-order valence-corrected chi connectivity index (χ1v) is 6.36. The maximum Gasteiger partial charge on any atom is 0.411 e. The molecule has 1 rings (SSSR count). The van der Waals surface area contributed by atoms with E-state index in [-0.39, 0.29) is 17.4 Å². The zero-order valence-corrected chi connectivity index (χ0v) is 12.0. The SMILES string of the molecule is CC(C)Oc1ccc(C#N)cc1NC(=O)COCC(F)(F)F. The second-order valence-corrected chi connectivity index (χ2v) is 4.65. The van der Waals surface area contributed by atoms with Crippen molar-refractivity contribution in [2.75, 3.05) is 18.5 Å². The van der Waals surface area contributed by atoms with Gasteiger partial charge in [0.15, 0.2) is 0 Å². The predicted molar refractivity (Wildman–Crippen MR) is 72.4 cm³/mol. The van der Waals surface area contributed by atoms with Crippen LogP contribution >= 0.6 is 0 Å². The lowest BCUT2D eigenvalue weighted by molar-refractivity contribution is -0.174. The first kappa shape index (κ1) is 17.8. The van der Waals surface area contributed by atoms with Gasteiger partial charge in [0, 0.05) is 0 Å². The first-order chi connectivity index (χ1) is 10.2. The summed E-state index contributed by atoms with van der Waals surface area (Å²) >= 11 is 0. The molecule has 1 aromatic rings. The summed E-state index contributed by atoms with van der Waals surface area (Å²) < 4.78 is 45.5. The van der Waals surface area contributed by atoms with Crippen LogP contribution in [0.15, 0.2) is 18.2 Å². The topological polar surface area (TPSA) is 71.3 Å². The average Bonchev–Trinajstić information content (AvgIpc) is 2.38. The van der Waals surface area contributed by atoms with Crippen LogP contribution in [0.5, 0.6) is 5.75 Å². The van der Waals surface area contributed by atoms with Gasteiger partial charge in [-0.3, -0.25) is 4.79 Å². The number of benzene rings is 1. The molecule has 1 aromatic carbocycles. The summed E-state index contributed by atoms with van der Waals surface area (Å²) in [5.74, 6) is -0.453. The number of hydrogen-bond acceptors (Lipinski definition) is 4. The van der Waals surface area contributed by atoms with Gasteiger partial charge in [0.1, 0.15) is 19.0 Å². The number of halogens is 3. The lowest BCUT2D eigenvalue weighted by atomic mass is 10.2. The van der Waals surface area contributed by atoms with E-state index >= 15 is 0 Å². The van der Waals surface area contributed by atoms with Gasteiger partial charge in [0.05, 0.1) is 23.4 Å². The third-order valence-corrected chi connectivity index (χ3v) is 2.24. The second-order valence-electron chi connectivity index (χ2n) is 4.65. The third-order valence-electron chi connectivity index (χ3n) is 2.24. The normalized spacial score (nSPS) is 11.1. The van der Waals surface area contributed by atoms with Gasteiger partial charge in [-0.1, -0.05) is 0 Å². The van der Waals surface area contributed by atoms with Crippen LogP contribution in [0.2, 0.25) is 0 Å². The van der Waals surface area contributed by atoms with Crippen molar-refractivity contribution in [3.8, 4) is 11.8 Å². The molecule has 0 radical (unpaired) electrons. The highest BCUT2D eigenvalue weighted by molar-refractivity contribution is 5.93. The smallest absolute Gasteiger partial charge is 0.411 e. The number of amides is 1. The van der Waals surface area contributed by atoms with E-state index in [9.17, 15) is 18.0 Å². The van der Waals surface area contributed by atoms with Gasteiger partial charge >= 0.3 is 6.18 Å². The number of carbonyl (C=O) groups excluding carboxylic acids is 1. The van der Waals surface area contributed by atoms with Gasteiger partial charge in [0.2, 0.25) is 5.91 Å². The minimum atomic E-state index is -4.49. The average molecular weight is 316 g/mol. The van der Waals surface area contributed by atoms with E-state index in [0.717, 1.165) is 0 Å². The fraction of sp³-hybridized carbons (Fsp3) is 0.429. The number of nitriles is 1. The maximum atomic E-state index is 11.9. The van der Waals surface area contributed by atoms with E-state index in [1.165, 1.54) is 18.2 Å². The van der Waals surface area contributed by atoms with Gasteiger partial charge in [0.25, 0.3) is 0 Å². The Labute approximate surface area is 125 Å². The molecule has 0 unspecified atom stereocenters. The van der Waals surface area contributed by atoms with E-state index in [1.54, 1.807) is 13.8 Å². The molecule has 8 heteroatoms. The van der Waals surface area contributed by atoms with Crippen LogP contribution in [0.3, 0.4) is 0 Å². The molecule has 22 heavy (non-hydrogen) atoms. The van der Waals surface area contributed by atoms with E-state index in [2.05, 4.69) is 10.1 Å². The van der Waals surface area contributed by atoms with Crippen LogP contribution < -0.4 is 10.1 Å². The van der Waals surface area contributed by atoms with Crippen LogP contribution in [0.4, 0.5) is 18.9 Å². The van der Waals surface area contributed by atoms with Crippen molar-refractivity contribution >= 4 is 11.6 Å². The fourth-order valence-electron chi connectivity index (χ4n) is 1.50. The minimum Gasteiger partial charge on any atom is -0.489 e. The Hall–Kier alpha value is -2.27. The van der Waals surface area contributed by atoms with Gasteiger partial charge in [-0.2, -0.15) is 18.4 Å². The van der Waals surface area contributed by atoms with E-state index in [4.69, 9.17) is 10.00 Å². The summed E-state index contributed by atoms with van der Waals surface area (Å²) in [7, 11) is 0. The standard InChI is InChI=1S/C14H15F3N2O3/c1-9(2)22-12-4-3-10(6-18)5-11(12)19-13(20)7-21-8-14(15,16)17/h3-5,9H,7-8H2,1-2H3,(H,19,20). The molecule has 0 saturated heterocycles. The molecule has 0 aliphatic rings. The largest absolute Gasteiger partial charge is 0.489 e. The Morgan fingerprint density at radius 2 is 2.09 bits per heavy atom. The molecule has 0 aliphatic carbocycles. The van der Waals surface area contributed by atoms with E-state index < -0.39 is 25.3 Å². The summed E-state index contributed by atoms with van der Waals surface area (Å²) in [6, 6.07) is 6.28. The molecule has 0 fully saturated rings. The molecule has 5 nitrogen and oxygen atoms in total. The van der Waals surface area contributed by atoms with Crippen LogP contribution in [-0.2, 0) is 9.53 Å². The molecule has 1 N–H and O–H groups in total. The minimum absolute atomic E-state index is 0.176. The summed E-state index contributed by atoms with van der Waals surface area (Å²) in [6.45, 7) is 1.29. The van der Waals surface area contributed by atoms with Crippen LogP contribution in [-0.4, -0.2) is 31.4 Å². The van der Waals surface area contributed by atoms with Crippen molar-refractivity contribution < 1.29 is 27.4 Å². The number of carbonyl (C=O) groups is 1. The molecule has 120 valence electrons. The maximum absolute atomic E-state index is 11.9. The van der Waals surface area contributed by atoms with Crippen LogP contribution in [0, 0.1) is 11.3 Å². The summed E-state index contributed by atoms with van der Waals surface area (Å²) in [6.07, 6.45) is -4.67. The highest BCUT2D eigenvalue weighted by atomic mass is 19.4. The molecule has 0 spiro atoms. The number of hydrogen-bond donors (Lipinski definition) is 1. The van der Waals surface area contributed by atoms with Crippen molar-refractivity contribution in [1.82, 2.24) is 0 Å². The highest BCUT2D eigenvalue weighted by Crippen LogP contribution is 2.26. The Morgan fingerprint density at radius 1 is 1.41 bits per heavy atom. The van der Waals surface area contributed by atoms with Crippen molar-refractivity contribution in [1.29, 1.82) is 5.26 Å². The van der Waals surface area contributed by atoms with Crippen molar-refractivity contribution in [3.05, 3.63) is 23.8 Å². The molecule has 1 amide bonds. The number of alkyl halides is 3. The molecule has 0 bridgehead atoms. The molecule has 0 heterocycles. The van der Waals surface area contributed by atoms with Gasteiger partial charge < -0.3 is 14.8 Å². The zero-order valence-electron chi connectivity index (χ0n) is 12.0. The monoisotopic (exact) mass is 316 g/mol. The molecular formula is C14H15F3N2O3. The van der Waals surface area contributed by atoms with Gasteiger partial charge in [-0.05, 0) is 32.0 Å². The lowest BCUT2D eigenvalue weighted by Crippen LogP contribution is -2.24. The van der Waals surface area contributed by atoms with Gasteiger partial charge in [-0.15, -0.1) is 0 Å². The molecule has 0 aliphatic heterocycles. The lowest BCUT2D eigenvalue weighted by Gasteiger charge is -2.15. The Morgan fingerprint density at radius 3 is 2.64 bits per heavy atom. The summed E-state index contributed by atoms with van der Waals surface area (Å²) in [5, 5.41) is 11.2. The second kappa shape index (κ2) is 7.66. The number of rotatable bonds is 6. The number of nitrogens with zero attached hydrogens (tertiary/aromatic N) is 1. The van der Waals surface area contributed by atoms with Crippen LogP contribution in [0.1, 0.15) is 19.4 Å². The fourth-order valence-corrected chi connectivity index (χ4v) is 1.50. The zero-order chi connectivity index (χ0) is 16.8. The Balaban J connectivity index is 2.73. The number of ether oxygens (including phenoxy) is 2. The predicted octanol–water partition coefficient (Wildman–Crippen LogP) is 2.86. The molecular weight excluding hydrogens is 301 g/mol. The third kappa shape index (κ3) is 6.45. The molecule has 0 saturated carbocycles.